The van der Waals surface area contributed by atoms with Crippen LogP contribution in [0.3, 0.4) is 0 Å². The lowest BCUT2D eigenvalue weighted by Crippen LogP contribution is -2.32. The summed E-state index contributed by atoms with van der Waals surface area (Å²) >= 11 is 0. The van der Waals surface area contributed by atoms with Crippen LogP contribution in [0.1, 0.15) is 19.8 Å². The Balaban J connectivity index is 1.89. The summed E-state index contributed by atoms with van der Waals surface area (Å²) < 4.78 is 1.71. The number of aromatic nitrogens is 3. The SMILES string of the molecule is CC1CCN(c2ccn3nc(N)nc3c2)CC1. The van der Waals surface area contributed by atoms with Crippen LogP contribution >= 0.6 is 0 Å². The van der Waals surface area contributed by atoms with Crippen molar-refractivity contribution in [3.05, 3.63) is 18.3 Å². The Kier molecular flexibility index (Phi) is 2.39. The summed E-state index contributed by atoms with van der Waals surface area (Å²) in [6.45, 7) is 4.57. The zero-order valence-corrected chi connectivity index (χ0v) is 10.0. The van der Waals surface area contributed by atoms with Crippen LogP contribution in [0.4, 0.5) is 11.6 Å². The second-order valence-corrected chi connectivity index (χ2v) is 4.83. The van der Waals surface area contributed by atoms with E-state index in [9.17, 15) is 0 Å². The van der Waals surface area contributed by atoms with Crippen LogP contribution in [-0.2, 0) is 0 Å². The van der Waals surface area contributed by atoms with Crippen LogP contribution in [0.15, 0.2) is 18.3 Å². The monoisotopic (exact) mass is 231 g/mol. The molecule has 1 aliphatic rings. The molecule has 1 fully saturated rings. The van der Waals surface area contributed by atoms with Crippen molar-refractivity contribution in [1.29, 1.82) is 0 Å². The van der Waals surface area contributed by atoms with Crippen LogP contribution in [0.5, 0.6) is 0 Å². The number of fused-ring (bicyclic) bond motifs is 1. The second kappa shape index (κ2) is 3.91. The number of rotatable bonds is 1. The molecule has 0 atom stereocenters. The molecule has 3 heterocycles. The standard InChI is InChI=1S/C12H17N5/c1-9-2-5-16(6-3-9)10-4-7-17-11(8-10)14-12(13)15-17/h4,7-9H,2-3,5-6H2,1H3,(H2,13,15). The molecule has 0 aliphatic carbocycles. The molecular formula is C12H17N5. The number of anilines is 2. The number of piperidine rings is 1. The fraction of sp³-hybridized carbons (Fsp3) is 0.500. The molecule has 0 saturated carbocycles. The highest BCUT2D eigenvalue weighted by molar-refractivity contribution is 5.57. The van der Waals surface area contributed by atoms with Crippen molar-refractivity contribution in [1.82, 2.24) is 14.6 Å². The van der Waals surface area contributed by atoms with Crippen LogP contribution in [0.2, 0.25) is 0 Å². The summed E-state index contributed by atoms with van der Waals surface area (Å²) in [6.07, 6.45) is 4.45. The Labute approximate surface area is 100 Å². The Morgan fingerprint density at radius 1 is 1.35 bits per heavy atom. The van der Waals surface area contributed by atoms with Gasteiger partial charge in [-0.3, -0.25) is 0 Å². The van der Waals surface area contributed by atoms with Crippen molar-refractivity contribution in [2.24, 2.45) is 5.92 Å². The summed E-state index contributed by atoms with van der Waals surface area (Å²) in [4.78, 5) is 6.59. The first kappa shape index (κ1) is 10.4. The fourth-order valence-electron chi connectivity index (χ4n) is 2.35. The minimum atomic E-state index is 0.328. The van der Waals surface area contributed by atoms with E-state index in [0.29, 0.717) is 5.95 Å². The molecule has 90 valence electrons. The number of nitrogens with zero attached hydrogens (tertiary/aromatic N) is 4. The van der Waals surface area contributed by atoms with Gasteiger partial charge >= 0.3 is 0 Å². The minimum Gasteiger partial charge on any atom is -0.371 e. The first-order valence-electron chi connectivity index (χ1n) is 6.09. The van der Waals surface area contributed by atoms with E-state index in [0.717, 1.165) is 24.7 Å². The molecule has 2 aromatic heterocycles. The normalized spacial score (nSPS) is 17.8. The summed E-state index contributed by atoms with van der Waals surface area (Å²) in [6, 6.07) is 4.14. The van der Waals surface area contributed by atoms with E-state index in [1.165, 1.54) is 18.5 Å². The number of nitrogens with two attached hydrogens (primary N) is 1. The predicted octanol–water partition coefficient (Wildman–Crippen LogP) is 1.55. The summed E-state index contributed by atoms with van der Waals surface area (Å²) in [7, 11) is 0. The lowest BCUT2D eigenvalue weighted by atomic mass is 9.99. The predicted molar refractivity (Wildman–Crippen MR) is 68.0 cm³/mol. The van der Waals surface area contributed by atoms with Gasteiger partial charge in [0.2, 0.25) is 5.95 Å². The van der Waals surface area contributed by atoms with Crippen molar-refractivity contribution in [2.45, 2.75) is 19.8 Å². The second-order valence-electron chi connectivity index (χ2n) is 4.83. The maximum Gasteiger partial charge on any atom is 0.240 e. The smallest absolute Gasteiger partial charge is 0.240 e. The highest BCUT2D eigenvalue weighted by Gasteiger charge is 2.16. The van der Waals surface area contributed by atoms with Crippen LogP contribution in [0.25, 0.3) is 5.65 Å². The molecule has 3 rings (SSSR count). The van der Waals surface area contributed by atoms with Gasteiger partial charge in [-0.2, -0.15) is 4.98 Å². The first-order valence-corrected chi connectivity index (χ1v) is 6.09. The van der Waals surface area contributed by atoms with Crippen LogP contribution in [-0.4, -0.2) is 27.7 Å². The van der Waals surface area contributed by atoms with Crippen molar-refractivity contribution < 1.29 is 0 Å². The van der Waals surface area contributed by atoms with Crippen molar-refractivity contribution in [3.63, 3.8) is 0 Å². The van der Waals surface area contributed by atoms with Gasteiger partial charge in [-0.15, -0.1) is 5.10 Å². The van der Waals surface area contributed by atoms with Crippen molar-refractivity contribution in [2.75, 3.05) is 23.7 Å². The molecule has 2 aromatic rings. The van der Waals surface area contributed by atoms with E-state index < -0.39 is 0 Å². The third-order valence-electron chi connectivity index (χ3n) is 3.49. The quantitative estimate of drug-likeness (QED) is 0.809. The molecule has 0 unspecified atom stereocenters. The van der Waals surface area contributed by atoms with E-state index in [4.69, 9.17) is 5.73 Å². The number of hydrogen-bond acceptors (Lipinski definition) is 4. The molecule has 0 radical (unpaired) electrons. The summed E-state index contributed by atoms with van der Waals surface area (Å²) in [5.74, 6) is 1.17. The maximum atomic E-state index is 5.58. The molecule has 0 bridgehead atoms. The highest BCUT2D eigenvalue weighted by atomic mass is 15.3. The van der Waals surface area contributed by atoms with E-state index in [1.807, 2.05) is 6.20 Å². The number of hydrogen-bond donors (Lipinski definition) is 1. The number of pyridine rings is 1. The lowest BCUT2D eigenvalue weighted by molar-refractivity contribution is 0.438. The van der Waals surface area contributed by atoms with Gasteiger partial charge in [0.05, 0.1) is 0 Å². The minimum absolute atomic E-state index is 0.328. The third kappa shape index (κ3) is 1.92. The molecular weight excluding hydrogens is 214 g/mol. The molecule has 2 N–H and O–H groups in total. The molecule has 0 aromatic carbocycles. The van der Waals surface area contributed by atoms with E-state index in [2.05, 4.69) is 34.0 Å². The molecule has 1 saturated heterocycles. The van der Waals surface area contributed by atoms with E-state index >= 15 is 0 Å². The summed E-state index contributed by atoms with van der Waals surface area (Å²) in [5.41, 5.74) is 7.62. The highest BCUT2D eigenvalue weighted by Crippen LogP contribution is 2.23. The fourth-order valence-corrected chi connectivity index (χ4v) is 2.35. The van der Waals surface area contributed by atoms with Gasteiger partial charge in [-0.25, -0.2) is 4.52 Å². The van der Waals surface area contributed by atoms with Gasteiger partial charge in [0, 0.05) is 31.0 Å². The van der Waals surface area contributed by atoms with Gasteiger partial charge < -0.3 is 10.6 Å². The average molecular weight is 231 g/mol. The Hall–Kier alpha value is -1.78. The Morgan fingerprint density at radius 3 is 2.88 bits per heavy atom. The van der Waals surface area contributed by atoms with Gasteiger partial charge in [-0.05, 0) is 24.8 Å². The zero-order valence-electron chi connectivity index (χ0n) is 10.0. The average Bonchev–Trinajstić information content (AvgIpc) is 2.69. The topological polar surface area (TPSA) is 59.5 Å². The molecule has 0 amide bonds. The molecule has 1 aliphatic heterocycles. The maximum absolute atomic E-state index is 5.58. The molecule has 5 heteroatoms. The zero-order chi connectivity index (χ0) is 11.8. The van der Waals surface area contributed by atoms with Gasteiger partial charge in [0.25, 0.3) is 0 Å². The van der Waals surface area contributed by atoms with Gasteiger partial charge in [0.15, 0.2) is 5.65 Å². The first-order chi connectivity index (χ1) is 8.22. The third-order valence-corrected chi connectivity index (χ3v) is 3.49. The van der Waals surface area contributed by atoms with Gasteiger partial charge in [-0.1, -0.05) is 6.92 Å². The van der Waals surface area contributed by atoms with Crippen LogP contribution in [0, 0.1) is 5.92 Å². The largest absolute Gasteiger partial charge is 0.371 e. The van der Waals surface area contributed by atoms with E-state index in [-0.39, 0.29) is 0 Å². The summed E-state index contributed by atoms with van der Waals surface area (Å²) in [5, 5.41) is 4.08. The molecule has 17 heavy (non-hydrogen) atoms. The van der Waals surface area contributed by atoms with Gasteiger partial charge in [0.1, 0.15) is 0 Å². The van der Waals surface area contributed by atoms with Crippen LogP contribution < -0.4 is 10.6 Å². The van der Waals surface area contributed by atoms with Crippen molar-refractivity contribution in [3.8, 4) is 0 Å². The number of nitrogen functional groups attached to an aromatic ring is 1. The van der Waals surface area contributed by atoms with Crippen molar-refractivity contribution >= 4 is 17.3 Å². The lowest BCUT2D eigenvalue weighted by Gasteiger charge is -2.32. The Bertz CT molecular complexity index is 525. The van der Waals surface area contributed by atoms with E-state index in [1.54, 1.807) is 4.52 Å². The molecule has 0 spiro atoms. The molecule has 5 nitrogen and oxygen atoms in total. The Morgan fingerprint density at radius 2 is 2.12 bits per heavy atom.